The van der Waals surface area contributed by atoms with Gasteiger partial charge in [0.05, 0.1) is 0 Å². The maximum absolute atomic E-state index is 14.1. The molecule has 4 heteroatoms. The molecule has 0 radical (unpaired) electrons. The largest absolute Gasteiger partial charge is 0.380 e. The highest BCUT2D eigenvalue weighted by Gasteiger charge is 2.33. The van der Waals surface area contributed by atoms with Gasteiger partial charge in [0.15, 0.2) is 0 Å². The van der Waals surface area contributed by atoms with Gasteiger partial charge >= 0.3 is 0 Å². The van der Waals surface area contributed by atoms with E-state index < -0.39 is 11.4 Å². The predicted octanol–water partition coefficient (Wildman–Crippen LogP) is 4.34. The van der Waals surface area contributed by atoms with Crippen LogP contribution in [-0.4, -0.2) is 11.0 Å². The summed E-state index contributed by atoms with van der Waals surface area (Å²) in [5.41, 5.74) is -0.655. The topological polar surface area (TPSA) is 20.2 Å². The second kappa shape index (κ2) is 5.91. The molecule has 0 fully saturated rings. The van der Waals surface area contributed by atoms with E-state index in [2.05, 4.69) is 0 Å². The summed E-state index contributed by atoms with van der Waals surface area (Å²) in [6.45, 7) is 0. The summed E-state index contributed by atoms with van der Waals surface area (Å²) < 4.78 is 14.1. The van der Waals surface area contributed by atoms with Gasteiger partial charge in [0, 0.05) is 16.5 Å². The van der Waals surface area contributed by atoms with E-state index in [1.54, 1.807) is 30.3 Å². The molecule has 2 aromatic rings. The van der Waals surface area contributed by atoms with Crippen LogP contribution < -0.4 is 0 Å². The van der Waals surface area contributed by atoms with Crippen LogP contribution in [0, 0.1) is 5.82 Å². The average molecular weight is 299 g/mol. The maximum Gasteiger partial charge on any atom is 0.131 e. The van der Waals surface area contributed by atoms with Crippen LogP contribution in [0.4, 0.5) is 4.39 Å². The molecule has 0 aromatic heterocycles. The van der Waals surface area contributed by atoms with Crippen LogP contribution in [0.25, 0.3) is 0 Å². The minimum atomic E-state index is -1.45. The zero-order valence-corrected chi connectivity index (χ0v) is 11.6. The van der Waals surface area contributed by atoms with Gasteiger partial charge in [-0.1, -0.05) is 48.0 Å². The van der Waals surface area contributed by atoms with Crippen molar-refractivity contribution in [2.75, 3.05) is 5.88 Å². The van der Waals surface area contributed by atoms with Crippen LogP contribution >= 0.6 is 23.2 Å². The predicted molar refractivity (Wildman–Crippen MR) is 76.2 cm³/mol. The van der Waals surface area contributed by atoms with Gasteiger partial charge in [-0.05, 0) is 24.1 Å². The average Bonchev–Trinajstić information content (AvgIpc) is 2.39. The Balaban J connectivity index is 2.56. The molecule has 0 aliphatic heterocycles. The summed E-state index contributed by atoms with van der Waals surface area (Å²) >= 11 is 11.5. The number of alkyl halides is 1. The highest BCUT2D eigenvalue weighted by molar-refractivity contribution is 6.30. The minimum Gasteiger partial charge on any atom is -0.380 e. The quantitative estimate of drug-likeness (QED) is 0.832. The third-order valence-corrected chi connectivity index (χ3v) is 3.51. The summed E-state index contributed by atoms with van der Waals surface area (Å²) in [6.07, 6.45) is 0.219. The van der Waals surface area contributed by atoms with E-state index in [-0.39, 0.29) is 17.9 Å². The zero-order valence-electron chi connectivity index (χ0n) is 10.1. The van der Waals surface area contributed by atoms with Gasteiger partial charge in [0.2, 0.25) is 0 Å². The summed E-state index contributed by atoms with van der Waals surface area (Å²) in [6, 6.07) is 13.2. The van der Waals surface area contributed by atoms with Crippen LogP contribution in [0.3, 0.4) is 0 Å². The molecule has 2 rings (SSSR count). The van der Waals surface area contributed by atoms with Gasteiger partial charge < -0.3 is 5.11 Å². The van der Waals surface area contributed by atoms with Crippen molar-refractivity contribution in [3.63, 3.8) is 0 Å². The molecule has 0 amide bonds. The van der Waals surface area contributed by atoms with Crippen molar-refractivity contribution in [3.8, 4) is 0 Å². The lowest BCUT2D eigenvalue weighted by molar-refractivity contribution is 0.0735. The van der Waals surface area contributed by atoms with E-state index in [9.17, 15) is 9.50 Å². The number of halogens is 3. The summed E-state index contributed by atoms with van der Waals surface area (Å²) in [5, 5.41) is 11.2. The van der Waals surface area contributed by atoms with E-state index in [1.165, 1.54) is 12.1 Å². The van der Waals surface area contributed by atoms with Crippen molar-refractivity contribution >= 4 is 23.2 Å². The summed E-state index contributed by atoms with van der Waals surface area (Å²) in [7, 11) is 0. The molecule has 100 valence electrons. The van der Waals surface area contributed by atoms with Gasteiger partial charge in [0.25, 0.3) is 0 Å². The first-order chi connectivity index (χ1) is 9.08. The Labute approximate surface area is 121 Å². The third-order valence-electron chi connectivity index (χ3n) is 3.08. The van der Waals surface area contributed by atoms with E-state index in [1.807, 2.05) is 6.07 Å². The highest BCUT2D eigenvalue weighted by Crippen LogP contribution is 2.35. The molecule has 0 saturated carbocycles. The fraction of sp³-hybridized carbons (Fsp3) is 0.200. The molecule has 0 bridgehead atoms. The fourth-order valence-electron chi connectivity index (χ4n) is 2.11. The van der Waals surface area contributed by atoms with Crippen molar-refractivity contribution in [1.82, 2.24) is 0 Å². The van der Waals surface area contributed by atoms with E-state index in [0.29, 0.717) is 10.6 Å². The van der Waals surface area contributed by atoms with Crippen LogP contribution in [0.1, 0.15) is 17.5 Å². The van der Waals surface area contributed by atoms with E-state index >= 15 is 0 Å². The third kappa shape index (κ3) is 2.92. The molecule has 1 N–H and O–H groups in total. The van der Waals surface area contributed by atoms with Gasteiger partial charge in [-0.2, -0.15) is 0 Å². The van der Waals surface area contributed by atoms with E-state index in [4.69, 9.17) is 23.2 Å². The van der Waals surface area contributed by atoms with Crippen molar-refractivity contribution in [3.05, 3.63) is 70.5 Å². The summed E-state index contributed by atoms with van der Waals surface area (Å²) in [4.78, 5) is 0. The van der Waals surface area contributed by atoms with Crippen molar-refractivity contribution in [2.45, 2.75) is 12.0 Å². The van der Waals surface area contributed by atoms with Crippen LogP contribution in [0.5, 0.6) is 0 Å². The Morgan fingerprint density at radius 3 is 2.37 bits per heavy atom. The van der Waals surface area contributed by atoms with Crippen LogP contribution in [0.2, 0.25) is 5.02 Å². The molecule has 0 spiro atoms. The van der Waals surface area contributed by atoms with Gasteiger partial charge in [-0.3, -0.25) is 0 Å². The highest BCUT2D eigenvalue weighted by atomic mass is 35.5. The molecular weight excluding hydrogens is 286 g/mol. The van der Waals surface area contributed by atoms with Gasteiger partial charge in [-0.25, -0.2) is 4.39 Å². The minimum absolute atomic E-state index is 0.184. The lowest BCUT2D eigenvalue weighted by atomic mass is 9.84. The fourth-order valence-corrected chi connectivity index (χ4v) is 2.54. The SMILES string of the molecule is OC(CCCl)(c1ccccc1)c1ccc(Cl)cc1F. The molecule has 1 atom stereocenters. The second-order valence-corrected chi connectivity index (χ2v) is 5.10. The smallest absolute Gasteiger partial charge is 0.131 e. The Kier molecular flexibility index (Phi) is 4.46. The number of aliphatic hydroxyl groups is 1. The molecular formula is C15H13Cl2FO. The van der Waals surface area contributed by atoms with Crippen LogP contribution in [0.15, 0.2) is 48.5 Å². The Bertz CT molecular complexity index is 559. The van der Waals surface area contributed by atoms with Crippen molar-refractivity contribution in [1.29, 1.82) is 0 Å². The Hall–Kier alpha value is -1.09. The molecule has 2 aromatic carbocycles. The molecule has 19 heavy (non-hydrogen) atoms. The number of benzene rings is 2. The second-order valence-electron chi connectivity index (χ2n) is 4.29. The van der Waals surface area contributed by atoms with Gasteiger partial charge in [0.1, 0.15) is 11.4 Å². The van der Waals surface area contributed by atoms with Crippen molar-refractivity contribution in [2.24, 2.45) is 0 Å². The molecule has 1 nitrogen and oxygen atoms in total. The lowest BCUT2D eigenvalue weighted by Crippen LogP contribution is -2.29. The molecule has 0 aliphatic carbocycles. The maximum atomic E-state index is 14.1. The normalized spacial score (nSPS) is 14.1. The molecule has 0 aliphatic rings. The Morgan fingerprint density at radius 2 is 1.79 bits per heavy atom. The molecule has 0 heterocycles. The van der Waals surface area contributed by atoms with Crippen LogP contribution in [-0.2, 0) is 5.60 Å². The Morgan fingerprint density at radius 1 is 1.11 bits per heavy atom. The van der Waals surface area contributed by atoms with Gasteiger partial charge in [-0.15, -0.1) is 11.6 Å². The zero-order chi connectivity index (χ0) is 13.9. The standard InChI is InChI=1S/C15H13Cl2FO/c16-9-8-15(19,11-4-2-1-3-5-11)13-7-6-12(17)10-14(13)18/h1-7,10,19H,8-9H2. The first-order valence-electron chi connectivity index (χ1n) is 5.87. The molecule has 0 saturated heterocycles. The molecule has 1 unspecified atom stereocenters. The lowest BCUT2D eigenvalue weighted by Gasteiger charge is -2.29. The first kappa shape index (κ1) is 14.3. The van der Waals surface area contributed by atoms with E-state index in [0.717, 1.165) is 0 Å². The van der Waals surface area contributed by atoms with Crippen molar-refractivity contribution < 1.29 is 9.50 Å². The summed E-state index contributed by atoms with van der Waals surface area (Å²) in [5.74, 6) is -0.322. The number of rotatable bonds is 4. The monoisotopic (exact) mass is 298 g/mol. The first-order valence-corrected chi connectivity index (χ1v) is 6.78. The number of hydrogen-bond donors (Lipinski definition) is 1. The number of hydrogen-bond acceptors (Lipinski definition) is 1.